The third kappa shape index (κ3) is 2.51. The SMILES string of the molecule is c1ccc2[s+]c(C34CCCCC3(c3sc5ccccc5[s+]3)CCCC4)sc2c1. The van der Waals surface area contributed by atoms with Crippen LogP contribution in [-0.2, 0) is 10.8 Å². The van der Waals surface area contributed by atoms with Gasteiger partial charge in [-0.3, -0.25) is 0 Å². The fraction of sp³-hybridized carbons (Fsp3) is 0.417. The van der Waals surface area contributed by atoms with Crippen LogP contribution >= 0.6 is 45.3 Å². The molecule has 142 valence electrons. The summed E-state index contributed by atoms with van der Waals surface area (Å²) in [6, 6.07) is 18.1. The summed E-state index contributed by atoms with van der Waals surface area (Å²) in [4.78, 5) is 0. The van der Waals surface area contributed by atoms with E-state index in [1.807, 2.05) is 0 Å². The van der Waals surface area contributed by atoms with Gasteiger partial charge in [0.1, 0.15) is 0 Å². The topological polar surface area (TPSA) is 0 Å². The Morgan fingerprint density at radius 3 is 1.36 bits per heavy atom. The fourth-order valence-electron chi connectivity index (χ4n) is 5.78. The van der Waals surface area contributed by atoms with E-state index >= 15 is 0 Å². The zero-order valence-corrected chi connectivity index (χ0v) is 19.2. The quantitative estimate of drug-likeness (QED) is 0.273. The molecular weight excluding hydrogens is 417 g/mol. The van der Waals surface area contributed by atoms with Gasteiger partial charge in [-0.2, -0.15) is 0 Å². The summed E-state index contributed by atoms with van der Waals surface area (Å²) >= 11 is 8.43. The number of rotatable bonds is 2. The van der Waals surface area contributed by atoms with Gasteiger partial charge in [0.25, 0.3) is 8.38 Å². The predicted molar refractivity (Wildman–Crippen MR) is 129 cm³/mol. The van der Waals surface area contributed by atoms with Gasteiger partial charge in [0.2, 0.25) is 0 Å². The van der Waals surface area contributed by atoms with Crippen molar-refractivity contribution in [1.29, 1.82) is 0 Å². The van der Waals surface area contributed by atoms with Crippen LogP contribution in [0.25, 0.3) is 18.8 Å². The van der Waals surface area contributed by atoms with Crippen molar-refractivity contribution >= 4 is 64.1 Å². The molecule has 0 saturated heterocycles. The lowest BCUT2D eigenvalue weighted by Crippen LogP contribution is -2.52. The van der Waals surface area contributed by atoms with Crippen molar-refractivity contribution in [3.8, 4) is 0 Å². The number of fused-ring (bicyclic) bond motifs is 3. The van der Waals surface area contributed by atoms with E-state index in [9.17, 15) is 0 Å². The molecule has 2 heterocycles. The van der Waals surface area contributed by atoms with Crippen molar-refractivity contribution in [2.45, 2.75) is 62.2 Å². The summed E-state index contributed by atoms with van der Waals surface area (Å²) in [7, 11) is 0. The minimum Gasteiger partial charge on any atom is -0.0587 e. The molecule has 0 spiro atoms. The molecule has 0 unspecified atom stereocenters. The fourth-order valence-corrected chi connectivity index (χ4v) is 12.1. The Hall–Kier alpha value is -0.940. The van der Waals surface area contributed by atoms with E-state index < -0.39 is 0 Å². The Labute approximate surface area is 182 Å². The Morgan fingerprint density at radius 2 is 0.964 bits per heavy atom. The summed E-state index contributed by atoms with van der Waals surface area (Å²) in [5.74, 6) is 0. The molecule has 2 aromatic heterocycles. The normalized spacial score (nSPS) is 27.9. The molecule has 0 N–H and O–H groups in total. The summed E-state index contributed by atoms with van der Waals surface area (Å²) in [5, 5.41) is 0. The molecule has 0 radical (unpaired) electrons. The minimum absolute atomic E-state index is 0.370. The molecule has 4 aromatic rings. The smallest absolute Gasteiger partial charge is 0.0587 e. The van der Waals surface area contributed by atoms with E-state index in [0.717, 1.165) is 0 Å². The molecule has 28 heavy (non-hydrogen) atoms. The van der Waals surface area contributed by atoms with Crippen molar-refractivity contribution in [3.05, 3.63) is 56.9 Å². The van der Waals surface area contributed by atoms with Gasteiger partial charge in [0.05, 0.1) is 56.2 Å². The van der Waals surface area contributed by atoms with E-state index in [1.165, 1.54) is 70.2 Å². The lowest BCUT2D eigenvalue weighted by Gasteiger charge is -2.50. The maximum absolute atomic E-state index is 2.33. The van der Waals surface area contributed by atoms with Gasteiger partial charge in [0, 0.05) is 0 Å². The van der Waals surface area contributed by atoms with Crippen molar-refractivity contribution in [2.24, 2.45) is 0 Å². The first kappa shape index (κ1) is 17.9. The molecule has 0 amide bonds. The van der Waals surface area contributed by atoms with E-state index in [2.05, 4.69) is 93.9 Å². The van der Waals surface area contributed by atoms with Gasteiger partial charge in [-0.1, -0.05) is 49.9 Å². The standard InChI is InChI=1S/C24H24S4/c1-2-10-18-17(9-1)25-21(26-18)23-13-5-7-15-24(23,16-8-6-14-23)22-27-19-11-3-4-12-20(19)28-22/h1-4,9-12H,5-8,13-16H2/q+2. The first-order valence-corrected chi connectivity index (χ1v) is 13.7. The summed E-state index contributed by atoms with van der Waals surface area (Å²) in [5.41, 5.74) is 0.741. The van der Waals surface area contributed by atoms with Crippen molar-refractivity contribution in [1.82, 2.24) is 0 Å². The minimum atomic E-state index is 0.370. The van der Waals surface area contributed by atoms with E-state index in [0.29, 0.717) is 10.8 Å². The van der Waals surface area contributed by atoms with Crippen LogP contribution in [0.15, 0.2) is 48.5 Å². The largest absolute Gasteiger partial charge is 0.262 e. The zero-order valence-electron chi connectivity index (χ0n) is 15.9. The monoisotopic (exact) mass is 440 g/mol. The molecule has 4 heteroatoms. The van der Waals surface area contributed by atoms with Crippen molar-refractivity contribution < 1.29 is 0 Å². The third-order valence-electron chi connectivity index (χ3n) is 7.12. The van der Waals surface area contributed by atoms with Crippen LogP contribution in [0.3, 0.4) is 0 Å². The van der Waals surface area contributed by atoms with Crippen LogP contribution in [0.1, 0.15) is 59.7 Å². The van der Waals surface area contributed by atoms with Crippen LogP contribution in [0.4, 0.5) is 0 Å². The highest BCUT2D eigenvalue weighted by molar-refractivity contribution is 7.40. The summed E-state index contributed by atoms with van der Waals surface area (Å²) < 4.78 is 9.39. The molecule has 2 saturated carbocycles. The van der Waals surface area contributed by atoms with Gasteiger partial charge >= 0.3 is 0 Å². The maximum Gasteiger partial charge on any atom is 0.262 e. The molecule has 0 aliphatic heterocycles. The second-order valence-electron chi connectivity index (χ2n) is 8.46. The summed E-state index contributed by atoms with van der Waals surface area (Å²) in [6.45, 7) is 0. The number of hydrogen-bond donors (Lipinski definition) is 0. The average Bonchev–Trinajstić information content (AvgIpc) is 3.38. The second-order valence-corrected chi connectivity index (χ2v) is 13.2. The highest BCUT2D eigenvalue weighted by Crippen LogP contribution is 2.65. The summed E-state index contributed by atoms with van der Waals surface area (Å²) in [6.07, 6.45) is 11.1. The number of benzene rings is 2. The van der Waals surface area contributed by atoms with Crippen molar-refractivity contribution in [2.75, 3.05) is 0 Å². The van der Waals surface area contributed by atoms with Crippen LogP contribution in [-0.4, -0.2) is 0 Å². The van der Waals surface area contributed by atoms with Gasteiger partial charge in [0.15, 0.2) is 18.8 Å². The molecule has 2 fully saturated rings. The molecule has 2 aromatic carbocycles. The van der Waals surface area contributed by atoms with Crippen molar-refractivity contribution in [3.63, 3.8) is 0 Å². The molecule has 2 aliphatic carbocycles. The number of hydrogen-bond acceptors (Lipinski definition) is 2. The lowest BCUT2D eigenvalue weighted by molar-refractivity contribution is 0.0924. The molecule has 0 atom stereocenters. The van der Waals surface area contributed by atoms with Gasteiger partial charge in [-0.05, 0) is 49.9 Å². The highest BCUT2D eigenvalue weighted by atomic mass is 32.2. The van der Waals surface area contributed by atoms with Gasteiger partial charge in [-0.25, -0.2) is 0 Å². The van der Waals surface area contributed by atoms with E-state index in [-0.39, 0.29) is 0 Å². The third-order valence-corrected chi connectivity index (χ3v) is 13.0. The Morgan fingerprint density at radius 1 is 0.571 bits per heavy atom. The Kier molecular flexibility index (Phi) is 4.34. The first-order chi connectivity index (χ1) is 13.8. The van der Waals surface area contributed by atoms with E-state index in [1.54, 1.807) is 8.38 Å². The second kappa shape index (κ2) is 6.80. The average molecular weight is 441 g/mol. The molecular formula is C24H24S4+2. The molecule has 0 nitrogen and oxygen atoms in total. The zero-order chi connectivity index (χ0) is 18.6. The molecule has 0 bridgehead atoms. The van der Waals surface area contributed by atoms with Crippen LogP contribution in [0.5, 0.6) is 0 Å². The van der Waals surface area contributed by atoms with E-state index in [4.69, 9.17) is 0 Å². The van der Waals surface area contributed by atoms with Gasteiger partial charge in [-0.15, -0.1) is 0 Å². The molecule has 6 rings (SSSR count). The van der Waals surface area contributed by atoms with Crippen LogP contribution in [0, 0.1) is 0 Å². The molecule has 2 aliphatic rings. The van der Waals surface area contributed by atoms with Gasteiger partial charge < -0.3 is 0 Å². The van der Waals surface area contributed by atoms with Crippen LogP contribution < -0.4 is 0 Å². The highest BCUT2D eigenvalue weighted by Gasteiger charge is 2.64. The maximum atomic E-state index is 2.33. The van der Waals surface area contributed by atoms with Crippen LogP contribution in [0.2, 0.25) is 0 Å². The predicted octanol–water partition coefficient (Wildman–Crippen LogP) is 9.12. The Balaban J connectivity index is 1.59. The first-order valence-electron chi connectivity index (χ1n) is 10.5. The lowest BCUT2D eigenvalue weighted by atomic mass is 9.51. The Bertz CT molecular complexity index is 982.